The third kappa shape index (κ3) is 3.62. The van der Waals surface area contributed by atoms with Crippen molar-refractivity contribution < 1.29 is 9.59 Å². The molecule has 2 rings (SSSR count). The fraction of sp³-hybridized carbons (Fsp3) is 0.667. The van der Waals surface area contributed by atoms with E-state index in [0.717, 1.165) is 17.8 Å². The molecular formula is C15H24N4O2. The zero-order chi connectivity index (χ0) is 15.6. The van der Waals surface area contributed by atoms with Gasteiger partial charge >= 0.3 is 0 Å². The van der Waals surface area contributed by atoms with E-state index in [9.17, 15) is 9.59 Å². The zero-order valence-corrected chi connectivity index (χ0v) is 13.2. The van der Waals surface area contributed by atoms with E-state index in [-0.39, 0.29) is 17.2 Å². The quantitative estimate of drug-likeness (QED) is 0.879. The van der Waals surface area contributed by atoms with Crippen LogP contribution in [0.2, 0.25) is 0 Å². The lowest BCUT2D eigenvalue weighted by Gasteiger charge is -2.23. The number of aromatic amines is 1. The van der Waals surface area contributed by atoms with Crippen LogP contribution in [0.5, 0.6) is 0 Å². The van der Waals surface area contributed by atoms with Crippen molar-refractivity contribution in [1.29, 1.82) is 0 Å². The van der Waals surface area contributed by atoms with Crippen LogP contribution in [0.4, 0.5) is 0 Å². The number of carbonyl (C=O) groups excluding carboxylic acids is 2. The molecule has 6 nitrogen and oxygen atoms in total. The first-order valence-electron chi connectivity index (χ1n) is 7.41. The van der Waals surface area contributed by atoms with E-state index in [1.54, 1.807) is 11.8 Å². The molecule has 1 fully saturated rings. The number of aromatic nitrogens is 2. The number of nitrogens with one attached hydrogen (secondary N) is 2. The van der Waals surface area contributed by atoms with Gasteiger partial charge in [-0.3, -0.25) is 14.7 Å². The van der Waals surface area contributed by atoms with E-state index >= 15 is 0 Å². The first-order valence-corrected chi connectivity index (χ1v) is 7.41. The summed E-state index contributed by atoms with van der Waals surface area (Å²) in [5, 5.41) is 10.1. The summed E-state index contributed by atoms with van der Waals surface area (Å²) in [6.07, 6.45) is 1.39. The molecule has 0 saturated carbocycles. The molecule has 1 saturated heterocycles. The van der Waals surface area contributed by atoms with Crippen LogP contribution in [0.25, 0.3) is 0 Å². The summed E-state index contributed by atoms with van der Waals surface area (Å²) >= 11 is 0. The average molecular weight is 292 g/mol. The Labute approximate surface area is 125 Å². The van der Waals surface area contributed by atoms with Crippen LogP contribution in [0.15, 0.2) is 6.07 Å². The number of amides is 2. The van der Waals surface area contributed by atoms with Crippen LogP contribution >= 0.6 is 0 Å². The predicted octanol–water partition coefficient (Wildman–Crippen LogP) is 1.33. The number of nitrogens with zero attached hydrogens (tertiary/aromatic N) is 2. The minimum Gasteiger partial charge on any atom is -0.349 e. The second-order valence-electron chi connectivity index (χ2n) is 6.61. The Morgan fingerprint density at radius 2 is 2.24 bits per heavy atom. The van der Waals surface area contributed by atoms with E-state index in [4.69, 9.17) is 0 Å². The van der Waals surface area contributed by atoms with E-state index in [1.807, 2.05) is 6.07 Å². The fourth-order valence-corrected chi connectivity index (χ4v) is 2.39. The van der Waals surface area contributed by atoms with E-state index < -0.39 is 6.04 Å². The van der Waals surface area contributed by atoms with Gasteiger partial charge in [-0.05, 0) is 19.4 Å². The molecule has 0 unspecified atom stereocenters. The highest BCUT2D eigenvalue weighted by Gasteiger charge is 2.29. The van der Waals surface area contributed by atoms with Gasteiger partial charge in [0, 0.05) is 18.4 Å². The van der Waals surface area contributed by atoms with Gasteiger partial charge in [-0.15, -0.1) is 0 Å². The molecule has 2 heterocycles. The molecule has 0 spiro atoms. The summed E-state index contributed by atoms with van der Waals surface area (Å²) in [7, 11) is 0. The van der Waals surface area contributed by atoms with E-state index in [0.29, 0.717) is 19.5 Å². The summed E-state index contributed by atoms with van der Waals surface area (Å²) in [6.45, 7) is 9.11. The molecule has 1 aromatic heterocycles. The maximum Gasteiger partial charge on any atom is 0.242 e. The van der Waals surface area contributed by atoms with Crippen LogP contribution < -0.4 is 5.32 Å². The zero-order valence-electron chi connectivity index (χ0n) is 13.2. The predicted molar refractivity (Wildman–Crippen MR) is 79.5 cm³/mol. The Balaban J connectivity index is 1.89. The van der Waals surface area contributed by atoms with Crippen LogP contribution in [0.1, 0.15) is 51.9 Å². The van der Waals surface area contributed by atoms with Gasteiger partial charge < -0.3 is 10.2 Å². The highest BCUT2D eigenvalue weighted by atomic mass is 16.2. The number of likely N-dealkylation sites (tertiary alicyclic amines) is 1. The molecule has 6 heteroatoms. The van der Waals surface area contributed by atoms with Crippen LogP contribution in [0.3, 0.4) is 0 Å². The van der Waals surface area contributed by atoms with Gasteiger partial charge in [-0.1, -0.05) is 20.8 Å². The Morgan fingerprint density at radius 1 is 1.52 bits per heavy atom. The van der Waals surface area contributed by atoms with E-state index in [2.05, 4.69) is 36.3 Å². The Hall–Kier alpha value is -1.85. The van der Waals surface area contributed by atoms with Crippen molar-refractivity contribution >= 4 is 11.8 Å². The molecule has 2 N–H and O–H groups in total. The fourth-order valence-electron chi connectivity index (χ4n) is 2.39. The second kappa shape index (κ2) is 5.87. The normalized spacial score (nSPS) is 17.1. The van der Waals surface area contributed by atoms with Crippen LogP contribution in [-0.2, 0) is 21.5 Å². The highest BCUT2D eigenvalue weighted by Crippen LogP contribution is 2.20. The van der Waals surface area contributed by atoms with Crippen LogP contribution in [-0.4, -0.2) is 39.5 Å². The molecule has 2 amide bonds. The molecule has 1 aliphatic heterocycles. The maximum absolute atomic E-state index is 12.1. The molecule has 0 aromatic carbocycles. The number of rotatable bonds is 4. The molecule has 116 valence electrons. The first kappa shape index (κ1) is 15.5. The Morgan fingerprint density at radius 3 is 2.76 bits per heavy atom. The van der Waals surface area contributed by atoms with Gasteiger partial charge in [-0.25, -0.2) is 0 Å². The minimum absolute atomic E-state index is 0.0198. The number of hydrogen-bond donors (Lipinski definition) is 2. The van der Waals surface area contributed by atoms with Gasteiger partial charge in [0.25, 0.3) is 0 Å². The van der Waals surface area contributed by atoms with Gasteiger partial charge in [0.2, 0.25) is 11.8 Å². The summed E-state index contributed by atoms with van der Waals surface area (Å²) < 4.78 is 0. The number of carbonyl (C=O) groups is 2. The molecule has 1 atom stereocenters. The summed E-state index contributed by atoms with van der Waals surface area (Å²) in [6, 6.07) is 1.55. The van der Waals surface area contributed by atoms with Gasteiger partial charge in [0.1, 0.15) is 6.04 Å². The topological polar surface area (TPSA) is 78.1 Å². The van der Waals surface area contributed by atoms with Gasteiger partial charge in [-0.2, -0.15) is 5.10 Å². The lowest BCUT2D eigenvalue weighted by molar-refractivity contribution is -0.136. The van der Waals surface area contributed by atoms with Crippen molar-refractivity contribution in [3.8, 4) is 0 Å². The summed E-state index contributed by atoms with van der Waals surface area (Å²) in [5.74, 6) is -0.0635. The largest absolute Gasteiger partial charge is 0.349 e. The smallest absolute Gasteiger partial charge is 0.242 e. The lowest BCUT2D eigenvalue weighted by atomic mass is 9.92. The Bertz CT molecular complexity index is 530. The monoisotopic (exact) mass is 292 g/mol. The summed E-state index contributed by atoms with van der Waals surface area (Å²) in [4.78, 5) is 25.4. The van der Waals surface area contributed by atoms with Crippen molar-refractivity contribution in [3.63, 3.8) is 0 Å². The minimum atomic E-state index is -0.412. The van der Waals surface area contributed by atoms with Crippen LogP contribution in [0, 0.1) is 0 Å². The second-order valence-corrected chi connectivity index (χ2v) is 6.61. The molecule has 1 aliphatic rings. The van der Waals surface area contributed by atoms with Crippen molar-refractivity contribution in [1.82, 2.24) is 20.4 Å². The first-order chi connectivity index (χ1) is 9.79. The highest BCUT2D eigenvalue weighted by molar-refractivity contribution is 5.88. The molecular weight excluding hydrogens is 268 g/mol. The van der Waals surface area contributed by atoms with Crippen molar-refractivity contribution in [2.75, 3.05) is 6.54 Å². The number of hydrogen-bond acceptors (Lipinski definition) is 3. The molecule has 21 heavy (non-hydrogen) atoms. The maximum atomic E-state index is 12.1. The third-order valence-corrected chi connectivity index (χ3v) is 3.81. The van der Waals surface area contributed by atoms with Crippen molar-refractivity contribution in [2.45, 2.75) is 58.5 Å². The van der Waals surface area contributed by atoms with Crippen molar-refractivity contribution in [3.05, 3.63) is 17.5 Å². The lowest BCUT2D eigenvalue weighted by Crippen LogP contribution is -2.45. The van der Waals surface area contributed by atoms with E-state index in [1.165, 1.54) is 0 Å². The molecule has 0 bridgehead atoms. The molecule has 1 aromatic rings. The van der Waals surface area contributed by atoms with Crippen molar-refractivity contribution in [2.24, 2.45) is 0 Å². The Kier molecular flexibility index (Phi) is 4.34. The molecule has 0 aliphatic carbocycles. The SMILES string of the molecule is C[C@@H](C(=O)NCc1cc(C(C)(C)C)n[nH]1)N1CCCC1=O. The average Bonchev–Trinajstić information content (AvgIpc) is 3.03. The molecule has 0 radical (unpaired) electrons. The standard InChI is InChI=1S/C15H24N4O2/c1-10(19-7-5-6-13(19)20)14(21)16-9-11-8-12(18-17-11)15(2,3)4/h8,10H,5-7,9H2,1-4H3,(H,16,21)(H,17,18)/t10-/m0/s1. The third-order valence-electron chi connectivity index (χ3n) is 3.81. The number of H-pyrrole nitrogens is 1. The van der Waals surface area contributed by atoms with Gasteiger partial charge in [0.15, 0.2) is 0 Å². The summed E-state index contributed by atoms with van der Waals surface area (Å²) in [5.41, 5.74) is 1.82. The van der Waals surface area contributed by atoms with Gasteiger partial charge in [0.05, 0.1) is 17.9 Å².